The van der Waals surface area contributed by atoms with Crippen LogP contribution in [-0.2, 0) is 0 Å². The third-order valence-corrected chi connectivity index (χ3v) is 4.01. The molecule has 0 saturated heterocycles. The summed E-state index contributed by atoms with van der Waals surface area (Å²) in [4.78, 5) is 1.43. The van der Waals surface area contributed by atoms with E-state index >= 15 is 0 Å². The van der Waals surface area contributed by atoms with E-state index in [1.165, 1.54) is 21.6 Å². The SMILES string of the molecule is Cc1cc(C)c(SC(C)CCN)c(C)c1. The second kappa shape index (κ2) is 5.57. The molecule has 0 radical (unpaired) electrons. The van der Waals surface area contributed by atoms with Crippen LogP contribution in [0.2, 0.25) is 0 Å². The van der Waals surface area contributed by atoms with Gasteiger partial charge in [0.2, 0.25) is 0 Å². The molecule has 1 aromatic carbocycles. The molecule has 0 aliphatic rings. The number of aryl methyl sites for hydroxylation is 3. The summed E-state index contributed by atoms with van der Waals surface area (Å²) in [7, 11) is 0. The van der Waals surface area contributed by atoms with Crippen LogP contribution in [0.5, 0.6) is 0 Å². The zero-order valence-corrected chi connectivity index (χ0v) is 10.9. The van der Waals surface area contributed by atoms with E-state index in [0.717, 1.165) is 13.0 Å². The van der Waals surface area contributed by atoms with Crippen LogP contribution >= 0.6 is 11.8 Å². The maximum Gasteiger partial charge on any atom is 0.0133 e. The van der Waals surface area contributed by atoms with Crippen LogP contribution in [0.3, 0.4) is 0 Å². The summed E-state index contributed by atoms with van der Waals surface area (Å²) >= 11 is 1.95. The van der Waals surface area contributed by atoms with Gasteiger partial charge in [0.25, 0.3) is 0 Å². The molecular formula is C13H21NS. The van der Waals surface area contributed by atoms with Crippen molar-refractivity contribution in [1.29, 1.82) is 0 Å². The predicted molar refractivity (Wildman–Crippen MR) is 69.6 cm³/mol. The average molecular weight is 223 g/mol. The highest BCUT2D eigenvalue weighted by molar-refractivity contribution is 8.00. The highest BCUT2D eigenvalue weighted by Gasteiger charge is 2.08. The van der Waals surface area contributed by atoms with Crippen molar-refractivity contribution in [1.82, 2.24) is 0 Å². The molecule has 1 aromatic rings. The molecule has 0 bridgehead atoms. The van der Waals surface area contributed by atoms with Crippen LogP contribution in [0.1, 0.15) is 30.0 Å². The van der Waals surface area contributed by atoms with Gasteiger partial charge >= 0.3 is 0 Å². The first-order chi connectivity index (χ1) is 7.04. The topological polar surface area (TPSA) is 26.0 Å². The second-order valence-electron chi connectivity index (χ2n) is 4.23. The van der Waals surface area contributed by atoms with E-state index in [-0.39, 0.29) is 0 Å². The molecule has 1 rings (SSSR count). The predicted octanol–water partition coefficient (Wildman–Crippen LogP) is 3.44. The first-order valence-corrected chi connectivity index (χ1v) is 6.37. The molecular weight excluding hydrogens is 202 g/mol. The molecule has 0 aliphatic heterocycles. The van der Waals surface area contributed by atoms with E-state index < -0.39 is 0 Å². The Balaban J connectivity index is 2.85. The molecule has 15 heavy (non-hydrogen) atoms. The third kappa shape index (κ3) is 3.54. The average Bonchev–Trinajstić information content (AvgIpc) is 2.11. The number of nitrogens with two attached hydrogens (primary N) is 1. The zero-order chi connectivity index (χ0) is 11.4. The summed E-state index contributed by atoms with van der Waals surface area (Å²) in [5.74, 6) is 0. The number of hydrogen-bond acceptors (Lipinski definition) is 2. The van der Waals surface area contributed by atoms with Crippen LogP contribution < -0.4 is 5.73 Å². The minimum absolute atomic E-state index is 0.607. The largest absolute Gasteiger partial charge is 0.330 e. The van der Waals surface area contributed by atoms with E-state index in [0.29, 0.717) is 5.25 Å². The van der Waals surface area contributed by atoms with Gasteiger partial charge < -0.3 is 5.73 Å². The fourth-order valence-corrected chi connectivity index (χ4v) is 2.99. The van der Waals surface area contributed by atoms with Gasteiger partial charge in [-0.05, 0) is 44.9 Å². The molecule has 0 saturated carbocycles. The molecule has 1 nitrogen and oxygen atoms in total. The van der Waals surface area contributed by atoms with Crippen molar-refractivity contribution in [2.75, 3.05) is 6.54 Å². The van der Waals surface area contributed by atoms with Crippen molar-refractivity contribution >= 4 is 11.8 Å². The highest BCUT2D eigenvalue weighted by atomic mass is 32.2. The Hall–Kier alpha value is -0.470. The maximum absolute atomic E-state index is 5.57. The zero-order valence-electron chi connectivity index (χ0n) is 10.1. The van der Waals surface area contributed by atoms with Gasteiger partial charge in [-0.2, -0.15) is 0 Å². The normalized spacial score (nSPS) is 12.9. The minimum atomic E-state index is 0.607. The quantitative estimate of drug-likeness (QED) is 0.791. The summed E-state index contributed by atoms with van der Waals surface area (Å²) < 4.78 is 0. The summed E-state index contributed by atoms with van der Waals surface area (Å²) in [6.07, 6.45) is 1.08. The van der Waals surface area contributed by atoms with Crippen molar-refractivity contribution in [2.24, 2.45) is 5.73 Å². The van der Waals surface area contributed by atoms with Gasteiger partial charge in [0.05, 0.1) is 0 Å². The van der Waals surface area contributed by atoms with Crippen LogP contribution in [-0.4, -0.2) is 11.8 Å². The Kier molecular flexibility index (Phi) is 4.68. The molecule has 84 valence electrons. The van der Waals surface area contributed by atoms with Gasteiger partial charge in [-0.15, -0.1) is 11.8 Å². The molecule has 0 heterocycles. The van der Waals surface area contributed by atoms with Crippen molar-refractivity contribution in [3.8, 4) is 0 Å². The van der Waals surface area contributed by atoms with Gasteiger partial charge in [-0.3, -0.25) is 0 Å². The molecule has 0 aromatic heterocycles. The Morgan fingerprint density at radius 3 is 2.20 bits per heavy atom. The minimum Gasteiger partial charge on any atom is -0.330 e. The van der Waals surface area contributed by atoms with Gasteiger partial charge in [-0.1, -0.05) is 24.6 Å². The maximum atomic E-state index is 5.57. The molecule has 1 unspecified atom stereocenters. The smallest absolute Gasteiger partial charge is 0.0133 e. The van der Waals surface area contributed by atoms with Crippen LogP contribution in [0.25, 0.3) is 0 Å². The van der Waals surface area contributed by atoms with E-state index in [2.05, 4.69) is 39.8 Å². The summed E-state index contributed by atoms with van der Waals surface area (Å²) in [5.41, 5.74) is 9.70. The Morgan fingerprint density at radius 1 is 1.20 bits per heavy atom. The second-order valence-corrected chi connectivity index (χ2v) is 5.68. The van der Waals surface area contributed by atoms with Gasteiger partial charge in [0, 0.05) is 10.1 Å². The van der Waals surface area contributed by atoms with Gasteiger partial charge in [-0.25, -0.2) is 0 Å². The number of hydrogen-bond donors (Lipinski definition) is 1. The summed E-state index contributed by atoms with van der Waals surface area (Å²) in [5, 5.41) is 0.607. The first kappa shape index (κ1) is 12.6. The lowest BCUT2D eigenvalue weighted by atomic mass is 10.1. The molecule has 0 spiro atoms. The highest BCUT2D eigenvalue weighted by Crippen LogP contribution is 2.31. The molecule has 2 N–H and O–H groups in total. The monoisotopic (exact) mass is 223 g/mol. The van der Waals surface area contributed by atoms with Crippen molar-refractivity contribution < 1.29 is 0 Å². The molecule has 0 fully saturated rings. The van der Waals surface area contributed by atoms with Crippen LogP contribution in [0.15, 0.2) is 17.0 Å². The molecule has 1 atom stereocenters. The number of rotatable bonds is 4. The van der Waals surface area contributed by atoms with E-state index in [4.69, 9.17) is 5.73 Å². The van der Waals surface area contributed by atoms with Gasteiger partial charge in [0.1, 0.15) is 0 Å². The lowest BCUT2D eigenvalue weighted by Crippen LogP contribution is -2.07. The van der Waals surface area contributed by atoms with Crippen LogP contribution in [0, 0.1) is 20.8 Å². The third-order valence-electron chi connectivity index (χ3n) is 2.50. The fraction of sp³-hybridized carbons (Fsp3) is 0.538. The van der Waals surface area contributed by atoms with E-state index in [1.54, 1.807) is 0 Å². The van der Waals surface area contributed by atoms with Crippen molar-refractivity contribution in [3.05, 3.63) is 28.8 Å². The van der Waals surface area contributed by atoms with E-state index in [1.807, 2.05) is 11.8 Å². The summed E-state index contributed by atoms with van der Waals surface area (Å²) in [6, 6.07) is 4.51. The molecule has 0 amide bonds. The summed E-state index contributed by atoms with van der Waals surface area (Å²) in [6.45, 7) is 9.56. The Labute approximate surface area is 97.4 Å². The van der Waals surface area contributed by atoms with Crippen LogP contribution in [0.4, 0.5) is 0 Å². The fourth-order valence-electron chi connectivity index (χ4n) is 1.85. The first-order valence-electron chi connectivity index (χ1n) is 5.49. The van der Waals surface area contributed by atoms with E-state index in [9.17, 15) is 0 Å². The van der Waals surface area contributed by atoms with Gasteiger partial charge in [0.15, 0.2) is 0 Å². The Morgan fingerprint density at radius 2 is 1.73 bits per heavy atom. The van der Waals surface area contributed by atoms with Crippen molar-refractivity contribution in [2.45, 2.75) is 44.3 Å². The molecule has 2 heteroatoms. The molecule has 0 aliphatic carbocycles. The lowest BCUT2D eigenvalue weighted by Gasteiger charge is -2.15. The van der Waals surface area contributed by atoms with Crippen molar-refractivity contribution in [3.63, 3.8) is 0 Å². The number of thioether (sulfide) groups is 1. The standard InChI is InChI=1S/C13H21NS/c1-9-7-10(2)13(11(3)8-9)15-12(4)5-6-14/h7-8,12H,5-6,14H2,1-4H3. The lowest BCUT2D eigenvalue weighted by molar-refractivity contribution is 0.822. The number of benzene rings is 1. The Bertz CT molecular complexity index is 310.